The van der Waals surface area contributed by atoms with Crippen molar-refractivity contribution in [3.05, 3.63) is 40.3 Å². The molecule has 3 atom stereocenters. The van der Waals surface area contributed by atoms with E-state index in [4.69, 9.17) is 0 Å². The van der Waals surface area contributed by atoms with Crippen LogP contribution < -0.4 is 10.6 Å². The third-order valence-corrected chi connectivity index (χ3v) is 5.64. The van der Waals surface area contributed by atoms with E-state index in [0.717, 1.165) is 18.7 Å². The van der Waals surface area contributed by atoms with Gasteiger partial charge in [0.2, 0.25) is 5.91 Å². The van der Waals surface area contributed by atoms with Crippen molar-refractivity contribution in [3.63, 3.8) is 0 Å². The Kier molecular flexibility index (Phi) is 9.06. The molecule has 1 unspecified atom stereocenters. The molecule has 6 nitrogen and oxygen atoms in total. The summed E-state index contributed by atoms with van der Waals surface area (Å²) in [6.07, 6.45) is 3.87. The van der Waals surface area contributed by atoms with Crippen LogP contribution in [0.15, 0.2) is 29.9 Å². The molecule has 3 rings (SSSR count). The van der Waals surface area contributed by atoms with Crippen LogP contribution in [0.2, 0.25) is 0 Å². The first kappa shape index (κ1) is 22.9. The third-order valence-electron chi connectivity index (χ3n) is 4.67. The molecule has 1 fully saturated rings. The summed E-state index contributed by atoms with van der Waals surface area (Å²) < 4.78 is 1.79. The van der Waals surface area contributed by atoms with Crippen molar-refractivity contribution in [1.29, 1.82) is 0 Å². The number of halogens is 2. The summed E-state index contributed by atoms with van der Waals surface area (Å²) in [4.78, 5) is 16.2. The fraction of sp³-hybridized carbons (Fsp3) is 0.529. The number of thiophene rings is 1. The molecule has 2 aromatic rings. The summed E-state index contributed by atoms with van der Waals surface area (Å²) in [5.41, 5.74) is 1.13. The molecular weight excluding hydrogens is 393 g/mol. The smallest absolute Gasteiger partial charge is 0.225 e. The topological polar surface area (TPSA) is 62.2 Å². The summed E-state index contributed by atoms with van der Waals surface area (Å²) in [5, 5.41) is 12.8. The van der Waals surface area contributed by atoms with Crippen LogP contribution in [0.25, 0.3) is 0 Å². The predicted molar refractivity (Wildman–Crippen MR) is 111 cm³/mol. The van der Waals surface area contributed by atoms with Gasteiger partial charge in [-0.25, -0.2) is 0 Å². The van der Waals surface area contributed by atoms with Gasteiger partial charge in [-0.2, -0.15) is 5.10 Å². The standard InChI is InChI=1S/C17H25N5OS.2ClH/c1-21(2)15(16-5-4-6-24-16)10-19-17(23)14-9-18-8-13(14)12-7-20-22(3)11-12;;/h4-7,11,13-15,18H,8-10H2,1-3H3,(H,19,23);2*1H/t13-,14+,15?;;/m1../s1. The molecular formula is C17H27Cl2N5OS. The minimum absolute atomic E-state index is 0. The van der Waals surface area contributed by atoms with E-state index in [0.29, 0.717) is 6.54 Å². The molecule has 9 heteroatoms. The summed E-state index contributed by atoms with van der Waals surface area (Å²) in [5.74, 6) is 0.274. The lowest BCUT2D eigenvalue weighted by atomic mass is 9.90. The zero-order valence-electron chi connectivity index (χ0n) is 15.2. The summed E-state index contributed by atoms with van der Waals surface area (Å²) >= 11 is 1.73. The highest BCUT2D eigenvalue weighted by molar-refractivity contribution is 7.10. The summed E-state index contributed by atoms with van der Waals surface area (Å²) in [6, 6.07) is 4.38. The van der Waals surface area contributed by atoms with E-state index in [2.05, 4.69) is 38.1 Å². The van der Waals surface area contributed by atoms with Gasteiger partial charge in [0.05, 0.1) is 18.2 Å². The van der Waals surface area contributed by atoms with Crippen molar-refractivity contribution < 1.29 is 4.79 Å². The first-order chi connectivity index (χ1) is 11.6. The lowest BCUT2D eigenvalue weighted by Crippen LogP contribution is -2.39. The highest BCUT2D eigenvalue weighted by Crippen LogP contribution is 2.28. The maximum Gasteiger partial charge on any atom is 0.225 e. The molecule has 1 saturated heterocycles. The quantitative estimate of drug-likeness (QED) is 0.751. The number of amides is 1. The van der Waals surface area contributed by atoms with E-state index >= 15 is 0 Å². The summed E-state index contributed by atoms with van der Waals surface area (Å²) in [6.45, 7) is 2.17. The Morgan fingerprint density at radius 3 is 2.81 bits per heavy atom. The second-order valence-corrected chi connectivity index (χ2v) is 7.54. The van der Waals surface area contributed by atoms with Crippen LogP contribution in [0, 0.1) is 5.92 Å². The van der Waals surface area contributed by atoms with Crippen molar-refractivity contribution >= 4 is 42.1 Å². The van der Waals surface area contributed by atoms with Gasteiger partial charge in [0.15, 0.2) is 0 Å². The molecule has 0 radical (unpaired) electrons. The van der Waals surface area contributed by atoms with Crippen molar-refractivity contribution in [2.75, 3.05) is 33.7 Å². The van der Waals surface area contributed by atoms with Crippen LogP contribution in [-0.4, -0.2) is 54.3 Å². The number of carbonyl (C=O) groups excluding carboxylic acids is 1. The number of hydrogen-bond acceptors (Lipinski definition) is 5. The molecule has 146 valence electrons. The Labute approximate surface area is 171 Å². The molecule has 1 amide bonds. The highest BCUT2D eigenvalue weighted by Gasteiger charge is 2.34. The maximum atomic E-state index is 12.7. The van der Waals surface area contributed by atoms with Crippen molar-refractivity contribution in [2.45, 2.75) is 12.0 Å². The zero-order chi connectivity index (χ0) is 17.1. The molecule has 0 aromatic carbocycles. The number of aromatic nitrogens is 2. The molecule has 3 heterocycles. The molecule has 0 aliphatic carbocycles. The Morgan fingerprint density at radius 2 is 2.23 bits per heavy atom. The van der Waals surface area contributed by atoms with E-state index < -0.39 is 0 Å². The van der Waals surface area contributed by atoms with Crippen LogP contribution >= 0.6 is 36.2 Å². The monoisotopic (exact) mass is 419 g/mol. The number of rotatable bonds is 6. The molecule has 0 saturated carbocycles. The largest absolute Gasteiger partial charge is 0.354 e. The van der Waals surface area contributed by atoms with Gasteiger partial charge in [0.1, 0.15) is 0 Å². The molecule has 2 aromatic heterocycles. The number of nitrogens with one attached hydrogen (secondary N) is 2. The Hall–Kier alpha value is -1.12. The minimum atomic E-state index is -0.0413. The van der Waals surface area contributed by atoms with Crippen molar-refractivity contribution in [3.8, 4) is 0 Å². The first-order valence-corrected chi connectivity index (χ1v) is 9.11. The third kappa shape index (κ3) is 5.20. The summed E-state index contributed by atoms with van der Waals surface area (Å²) in [7, 11) is 6.00. The lowest BCUT2D eigenvalue weighted by molar-refractivity contribution is -0.125. The van der Waals surface area contributed by atoms with E-state index in [1.807, 2.05) is 33.5 Å². The Morgan fingerprint density at radius 1 is 1.46 bits per heavy atom. The van der Waals surface area contributed by atoms with E-state index in [1.165, 1.54) is 4.88 Å². The van der Waals surface area contributed by atoms with Crippen LogP contribution in [0.4, 0.5) is 0 Å². The normalized spacial score (nSPS) is 20.3. The number of hydrogen-bond donors (Lipinski definition) is 2. The van der Waals surface area contributed by atoms with Crippen molar-refractivity contribution in [2.24, 2.45) is 13.0 Å². The van der Waals surface area contributed by atoms with Gasteiger partial charge in [-0.1, -0.05) is 6.07 Å². The van der Waals surface area contributed by atoms with Crippen LogP contribution in [0.1, 0.15) is 22.4 Å². The van der Waals surface area contributed by atoms with Crippen molar-refractivity contribution in [1.82, 2.24) is 25.3 Å². The molecule has 1 aliphatic rings. The van der Waals surface area contributed by atoms with E-state index in [1.54, 1.807) is 16.0 Å². The van der Waals surface area contributed by atoms with Crippen LogP contribution in [0.3, 0.4) is 0 Å². The van der Waals surface area contributed by atoms with Gasteiger partial charge in [-0.15, -0.1) is 36.2 Å². The van der Waals surface area contributed by atoms with Gasteiger partial charge in [0, 0.05) is 43.7 Å². The van der Waals surface area contributed by atoms with Crippen LogP contribution in [-0.2, 0) is 11.8 Å². The van der Waals surface area contributed by atoms with Gasteiger partial charge in [0.25, 0.3) is 0 Å². The number of aryl methyl sites for hydroxylation is 1. The Balaban J connectivity index is 0.00000169. The van der Waals surface area contributed by atoms with Gasteiger partial charge in [-0.3, -0.25) is 9.48 Å². The SMILES string of the molecule is CN(C)C(CNC(=O)[C@H]1CNC[C@@H]1c1cnn(C)c1)c1cccs1.Cl.Cl. The predicted octanol–water partition coefficient (Wildman–Crippen LogP) is 2.05. The molecule has 0 spiro atoms. The first-order valence-electron chi connectivity index (χ1n) is 8.23. The molecule has 0 bridgehead atoms. The maximum absolute atomic E-state index is 12.7. The minimum Gasteiger partial charge on any atom is -0.354 e. The Bertz CT molecular complexity index is 677. The molecule has 2 N–H and O–H groups in total. The fourth-order valence-corrected chi connectivity index (χ4v) is 4.21. The average molecular weight is 420 g/mol. The van der Waals surface area contributed by atoms with Gasteiger partial charge < -0.3 is 15.5 Å². The van der Waals surface area contributed by atoms with Gasteiger partial charge in [-0.05, 0) is 31.1 Å². The van der Waals surface area contributed by atoms with Crippen LogP contribution in [0.5, 0.6) is 0 Å². The zero-order valence-corrected chi connectivity index (χ0v) is 17.7. The second-order valence-electron chi connectivity index (χ2n) is 6.56. The number of carbonyl (C=O) groups is 1. The molecule has 1 aliphatic heterocycles. The fourth-order valence-electron chi connectivity index (χ4n) is 3.28. The lowest BCUT2D eigenvalue weighted by Gasteiger charge is -2.25. The highest BCUT2D eigenvalue weighted by atomic mass is 35.5. The van der Waals surface area contributed by atoms with E-state index in [9.17, 15) is 4.79 Å². The second kappa shape index (κ2) is 10.3. The van der Waals surface area contributed by atoms with E-state index in [-0.39, 0.29) is 48.6 Å². The average Bonchev–Trinajstić information content (AvgIpc) is 3.27. The molecule has 26 heavy (non-hydrogen) atoms. The number of likely N-dealkylation sites (N-methyl/N-ethyl adjacent to an activating group) is 1. The number of nitrogens with zero attached hydrogens (tertiary/aromatic N) is 3. The van der Waals surface area contributed by atoms with Gasteiger partial charge >= 0.3 is 0 Å².